The second kappa shape index (κ2) is 4.03. The van der Waals surface area contributed by atoms with Gasteiger partial charge in [0.05, 0.1) is 0 Å². The molecule has 0 bridgehead atoms. The van der Waals surface area contributed by atoms with Gasteiger partial charge in [-0.2, -0.15) is 0 Å². The Morgan fingerprint density at radius 1 is 1.57 bits per heavy atom. The summed E-state index contributed by atoms with van der Waals surface area (Å²) in [7, 11) is 0. The van der Waals surface area contributed by atoms with Gasteiger partial charge in [0.1, 0.15) is 0 Å². The minimum absolute atomic E-state index is 0.234. The van der Waals surface area contributed by atoms with Crippen LogP contribution in [-0.4, -0.2) is 0 Å². The Bertz CT molecular complexity index is 324. The molecule has 14 heavy (non-hydrogen) atoms. The first-order chi connectivity index (χ1) is 6.72. The smallest absolute Gasteiger partial charge is 0.0326 e. The minimum Gasteiger partial charge on any atom is -0.324 e. The van der Waals surface area contributed by atoms with Crippen LogP contribution in [0.3, 0.4) is 0 Å². The van der Waals surface area contributed by atoms with Gasteiger partial charge in [-0.1, -0.05) is 41.4 Å². The second-order valence-electron chi connectivity index (χ2n) is 4.15. The molecule has 1 aromatic rings. The Hall–Kier alpha value is -0.340. The van der Waals surface area contributed by atoms with Crippen LogP contribution in [0.1, 0.15) is 31.4 Å². The fourth-order valence-electron chi connectivity index (χ4n) is 2.14. The minimum atomic E-state index is 0.234. The molecule has 2 N–H and O–H groups in total. The van der Waals surface area contributed by atoms with Crippen molar-refractivity contribution in [2.24, 2.45) is 17.6 Å². The lowest BCUT2D eigenvalue weighted by Gasteiger charge is -2.11. The van der Waals surface area contributed by atoms with E-state index in [1.807, 2.05) is 6.07 Å². The van der Waals surface area contributed by atoms with E-state index >= 15 is 0 Å². The summed E-state index contributed by atoms with van der Waals surface area (Å²) < 4.78 is 1.12. The van der Waals surface area contributed by atoms with Crippen molar-refractivity contribution in [1.29, 1.82) is 0 Å². The third-order valence-electron chi connectivity index (χ3n) is 3.20. The van der Waals surface area contributed by atoms with Gasteiger partial charge in [0.2, 0.25) is 0 Å². The molecule has 0 saturated heterocycles. The van der Waals surface area contributed by atoms with E-state index < -0.39 is 0 Å². The van der Waals surface area contributed by atoms with Gasteiger partial charge in [-0.15, -0.1) is 0 Å². The summed E-state index contributed by atoms with van der Waals surface area (Å²) in [6.45, 7) is 2.25. The Morgan fingerprint density at radius 2 is 2.36 bits per heavy atom. The molecule has 0 aromatic heterocycles. The SMILES string of the molecule is CC[C@@H]1C[C@H]1C(N)c1cccc(Br)c1. The standard InChI is InChI=1S/C12H16BrN/c1-2-8-7-11(8)12(14)9-4-3-5-10(13)6-9/h3-6,8,11-12H,2,7,14H2,1H3/t8-,11-,12?/m1/s1. The molecule has 2 rings (SSSR count). The number of rotatable bonds is 3. The van der Waals surface area contributed by atoms with E-state index in [1.165, 1.54) is 18.4 Å². The van der Waals surface area contributed by atoms with Crippen molar-refractivity contribution in [1.82, 2.24) is 0 Å². The van der Waals surface area contributed by atoms with Crippen molar-refractivity contribution < 1.29 is 0 Å². The monoisotopic (exact) mass is 253 g/mol. The molecule has 1 aromatic carbocycles. The highest BCUT2D eigenvalue weighted by atomic mass is 79.9. The molecular formula is C12H16BrN. The predicted molar refractivity (Wildman–Crippen MR) is 63.0 cm³/mol. The van der Waals surface area contributed by atoms with Crippen LogP contribution in [-0.2, 0) is 0 Å². The molecule has 0 aliphatic heterocycles. The van der Waals surface area contributed by atoms with Gasteiger partial charge in [-0.3, -0.25) is 0 Å². The zero-order valence-electron chi connectivity index (χ0n) is 8.41. The first-order valence-corrected chi connectivity index (χ1v) is 6.02. The van der Waals surface area contributed by atoms with Gasteiger partial charge in [0.25, 0.3) is 0 Å². The first kappa shape index (κ1) is 10.2. The summed E-state index contributed by atoms with van der Waals surface area (Å²) in [5.74, 6) is 1.58. The molecule has 1 fully saturated rings. The quantitative estimate of drug-likeness (QED) is 0.877. The van der Waals surface area contributed by atoms with E-state index in [0.717, 1.165) is 10.4 Å². The zero-order chi connectivity index (χ0) is 10.1. The molecule has 0 spiro atoms. The highest BCUT2D eigenvalue weighted by Gasteiger charge is 2.40. The molecule has 1 aliphatic carbocycles. The molecule has 3 atom stereocenters. The molecule has 1 aliphatic rings. The number of hydrogen-bond acceptors (Lipinski definition) is 1. The molecule has 2 heteroatoms. The molecule has 1 unspecified atom stereocenters. The summed E-state index contributed by atoms with van der Waals surface area (Å²) in [5, 5.41) is 0. The molecular weight excluding hydrogens is 238 g/mol. The highest BCUT2D eigenvalue weighted by molar-refractivity contribution is 9.10. The maximum Gasteiger partial charge on any atom is 0.0326 e. The Balaban J connectivity index is 2.08. The average Bonchev–Trinajstić information content (AvgIpc) is 2.95. The van der Waals surface area contributed by atoms with Crippen molar-refractivity contribution in [3.8, 4) is 0 Å². The summed E-state index contributed by atoms with van der Waals surface area (Å²) in [6.07, 6.45) is 2.58. The molecule has 1 saturated carbocycles. The lowest BCUT2D eigenvalue weighted by atomic mass is 10.0. The maximum absolute atomic E-state index is 6.21. The van der Waals surface area contributed by atoms with Crippen LogP contribution >= 0.6 is 15.9 Å². The Kier molecular flexibility index (Phi) is 2.93. The van der Waals surface area contributed by atoms with Crippen LogP contribution in [0.5, 0.6) is 0 Å². The van der Waals surface area contributed by atoms with E-state index in [1.54, 1.807) is 0 Å². The summed E-state index contributed by atoms with van der Waals surface area (Å²) >= 11 is 3.48. The van der Waals surface area contributed by atoms with E-state index in [0.29, 0.717) is 5.92 Å². The van der Waals surface area contributed by atoms with Crippen LogP contribution in [0.15, 0.2) is 28.7 Å². The number of hydrogen-bond donors (Lipinski definition) is 1. The van der Waals surface area contributed by atoms with Crippen molar-refractivity contribution in [3.63, 3.8) is 0 Å². The lowest BCUT2D eigenvalue weighted by molar-refractivity contribution is 0.567. The van der Waals surface area contributed by atoms with Crippen molar-refractivity contribution in [2.45, 2.75) is 25.8 Å². The predicted octanol–water partition coefficient (Wildman–Crippen LogP) is 3.50. The van der Waals surface area contributed by atoms with Gasteiger partial charge in [-0.25, -0.2) is 0 Å². The van der Waals surface area contributed by atoms with E-state index in [4.69, 9.17) is 5.73 Å². The van der Waals surface area contributed by atoms with Gasteiger partial charge >= 0.3 is 0 Å². The van der Waals surface area contributed by atoms with E-state index in [-0.39, 0.29) is 6.04 Å². The fraction of sp³-hybridized carbons (Fsp3) is 0.500. The number of halogens is 1. The zero-order valence-corrected chi connectivity index (χ0v) is 10.00. The first-order valence-electron chi connectivity index (χ1n) is 5.23. The largest absolute Gasteiger partial charge is 0.324 e. The third kappa shape index (κ3) is 2.01. The second-order valence-corrected chi connectivity index (χ2v) is 5.06. The average molecular weight is 254 g/mol. The van der Waals surface area contributed by atoms with E-state index in [9.17, 15) is 0 Å². The van der Waals surface area contributed by atoms with Gasteiger partial charge in [0, 0.05) is 10.5 Å². The van der Waals surface area contributed by atoms with Gasteiger partial charge < -0.3 is 5.73 Å². The topological polar surface area (TPSA) is 26.0 Å². The number of nitrogens with two attached hydrogens (primary N) is 1. The van der Waals surface area contributed by atoms with Gasteiger partial charge in [0.15, 0.2) is 0 Å². The Labute approximate surface area is 93.8 Å². The molecule has 0 amide bonds. The van der Waals surface area contributed by atoms with Crippen LogP contribution in [0, 0.1) is 11.8 Å². The lowest BCUT2D eigenvalue weighted by Crippen LogP contribution is -2.13. The normalized spacial score (nSPS) is 27.4. The summed E-state index contributed by atoms with van der Waals surface area (Å²) in [5.41, 5.74) is 7.48. The van der Waals surface area contributed by atoms with Crippen LogP contribution < -0.4 is 5.73 Å². The fourth-order valence-corrected chi connectivity index (χ4v) is 2.56. The number of benzene rings is 1. The van der Waals surface area contributed by atoms with Crippen molar-refractivity contribution in [3.05, 3.63) is 34.3 Å². The molecule has 1 nitrogen and oxygen atoms in total. The van der Waals surface area contributed by atoms with E-state index in [2.05, 4.69) is 41.1 Å². The maximum atomic E-state index is 6.21. The molecule has 76 valence electrons. The van der Waals surface area contributed by atoms with Crippen molar-refractivity contribution in [2.75, 3.05) is 0 Å². The Morgan fingerprint density at radius 3 is 2.93 bits per heavy atom. The van der Waals surface area contributed by atoms with Crippen LogP contribution in [0.4, 0.5) is 0 Å². The third-order valence-corrected chi connectivity index (χ3v) is 3.69. The highest BCUT2D eigenvalue weighted by Crippen LogP contribution is 2.48. The summed E-state index contributed by atoms with van der Waals surface area (Å²) in [6, 6.07) is 8.59. The molecule has 0 radical (unpaired) electrons. The summed E-state index contributed by atoms with van der Waals surface area (Å²) in [4.78, 5) is 0. The van der Waals surface area contributed by atoms with Gasteiger partial charge in [-0.05, 0) is 36.0 Å². The van der Waals surface area contributed by atoms with Crippen molar-refractivity contribution >= 4 is 15.9 Å². The van der Waals surface area contributed by atoms with Crippen LogP contribution in [0.2, 0.25) is 0 Å². The molecule has 0 heterocycles. The van der Waals surface area contributed by atoms with Crippen LogP contribution in [0.25, 0.3) is 0 Å².